The average molecular weight is 510 g/mol. The minimum atomic E-state index is -0.349. The van der Waals surface area contributed by atoms with E-state index in [1.807, 2.05) is 68.5 Å². The van der Waals surface area contributed by atoms with Crippen molar-refractivity contribution < 1.29 is 14.7 Å². The van der Waals surface area contributed by atoms with Crippen LogP contribution in [0.15, 0.2) is 78.9 Å². The number of nitrogen functional groups attached to an aromatic ring is 1. The molecule has 0 radical (unpaired) electrons. The van der Waals surface area contributed by atoms with Crippen molar-refractivity contribution in [2.75, 3.05) is 36.0 Å². The second kappa shape index (κ2) is 13.1. The van der Waals surface area contributed by atoms with Crippen LogP contribution in [-0.4, -0.2) is 55.4 Å². The highest BCUT2D eigenvalue weighted by Crippen LogP contribution is 2.25. The van der Waals surface area contributed by atoms with Crippen LogP contribution in [-0.2, 0) is 9.59 Å². The highest BCUT2D eigenvalue weighted by atomic mass is 16.3. The number of nitrogens with one attached hydrogen (secondary N) is 2. The summed E-state index contributed by atoms with van der Waals surface area (Å²) < 4.78 is 0. The van der Waals surface area contributed by atoms with Crippen molar-refractivity contribution in [1.29, 1.82) is 0 Å². The maximum absolute atomic E-state index is 13.4. The summed E-state index contributed by atoms with van der Waals surface area (Å²) in [5.41, 5.74) is 10.6. The number of nitrogens with zero attached hydrogens (tertiary/aromatic N) is 1. The molecule has 1 aliphatic heterocycles. The molecule has 196 valence electrons. The normalized spacial score (nSPS) is 16.7. The second-order valence-corrected chi connectivity index (χ2v) is 9.87. The van der Waals surface area contributed by atoms with Gasteiger partial charge in [0.05, 0.1) is 23.4 Å². The fourth-order valence-electron chi connectivity index (χ4n) is 4.66. The first-order valence-electron chi connectivity index (χ1n) is 13.1. The average Bonchev–Trinajstić information content (AvgIpc) is 2.91. The lowest BCUT2D eigenvalue weighted by Crippen LogP contribution is -2.39. The maximum Gasteiger partial charge on any atom is 0.248 e. The molecule has 0 aromatic heterocycles. The Balaban J connectivity index is 1.44. The van der Waals surface area contributed by atoms with E-state index in [2.05, 4.69) is 15.5 Å². The number of aliphatic hydroxyl groups is 1. The number of rotatable bonds is 9. The standard InChI is InChI=1S/C30H35BN4O3/c31-23-12-14-24(15-13-23)33-30(38)26(17-19-35-18-3-4-25(36)20-35)22-10-7-21(8-11-22)9-16-29(37)34-28-6-2-1-5-27(28)32/h1-2,5-16,25-26,36H,3-4,17-20,31-32H2,(H,33,38)(H,34,37)/b16-9+. The predicted molar refractivity (Wildman–Crippen MR) is 157 cm³/mol. The Bertz CT molecular complexity index is 1260. The molecule has 1 fully saturated rings. The fraction of sp³-hybridized carbons (Fsp3) is 0.267. The fourth-order valence-corrected chi connectivity index (χ4v) is 4.66. The molecule has 2 atom stereocenters. The van der Waals surface area contributed by atoms with E-state index in [4.69, 9.17) is 5.73 Å². The molecule has 8 heteroatoms. The van der Waals surface area contributed by atoms with E-state index in [0.29, 0.717) is 24.3 Å². The number of anilines is 3. The largest absolute Gasteiger partial charge is 0.397 e. The molecular weight excluding hydrogens is 475 g/mol. The van der Waals surface area contributed by atoms with Gasteiger partial charge in [-0.3, -0.25) is 9.59 Å². The molecule has 38 heavy (non-hydrogen) atoms. The SMILES string of the molecule is Bc1ccc(NC(=O)C(CCN2CCCC(O)C2)c2ccc(/C=C/C(=O)Nc3ccccc3N)cc2)cc1. The zero-order chi connectivity index (χ0) is 26.9. The number of hydrogen-bond acceptors (Lipinski definition) is 5. The van der Waals surface area contributed by atoms with E-state index >= 15 is 0 Å². The lowest BCUT2D eigenvalue weighted by Gasteiger charge is -2.31. The number of likely N-dealkylation sites (tertiary alicyclic amines) is 1. The van der Waals surface area contributed by atoms with Gasteiger partial charge < -0.3 is 26.4 Å². The number of β-amino-alcohol motifs (C(OH)–C–C–N with tert-alkyl or cyclic N) is 1. The van der Waals surface area contributed by atoms with Crippen LogP contribution >= 0.6 is 0 Å². The van der Waals surface area contributed by atoms with Crippen molar-refractivity contribution in [3.8, 4) is 0 Å². The number of aliphatic hydroxyl groups excluding tert-OH is 1. The predicted octanol–water partition coefficient (Wildman–Crippen LogP) is 2.75. The van der Waals surface area contributed by atoms with Crippen LogP contribution in [0.1, 0.15) is 36.3 Å². The number of carbonyl (C=O) groups excluding carboxylic acids is 2. The molecule has 7 nitrogen and oxygen atoms in total. The lowest BCUT2D eigenvalue weighted by molar-refractivity contribution is -0.118. The van der Waals surface area contributed by atoms with Gasteiger partial charge in [-0.15, -0.1) is 0 Å². The van der Waals surface area contributed by atoms with Gasteiger partial charge in [-0.1, -0.05) is 54.0 Å². The molecule has 0 saturated carbocycles. The molecule has 2 amide bonds. The van der Waals surface area contributed by atoms with Crippen LogP contribution < -0.4 is 21.8 Å². The number of carbonyl (C=O) groups is 2. The molecule has 3 aromatic carbocycles. The highest BCUT2D eigenvalue weighted by molar-refractivity contribution is 6.32. The summed E-state index contributed by atoms with van der Waals surface area (Å²) in [5.74, 6) is -0.682. The Morgan fingerprint density at radius 3 is 2.50 bits per heavy atom. The van der Waals surface area contributed by atoms with E-state index < -0.39 is 0 Å². The molecule has 0 spiro atoms. The van der Waals surface area contributed by atoms with Crippen molar-refractivity contribution in [2.45, 2.75) is 31.3 Å². The topological polar surface area (TPSA) is 108 Å². The Hall–Kier alpha value is -3.88. The van der Waals surface area contributed by atoms with Crippen molar-refractivity contribution >= 4 is 48.3 Å². The van der Waals surface area contributed by atoms with E-state index in [9.17, 15) is 14.7 Å². The van der Waals surface area contributed by atoms with Crippen LogP contribution in [0.3, 0.4) is 0 Å². The molecule has 0 bridgehead atoms. The van der Waals surface area contributed by atoms with E-state index in [-0.39, 0.29) is 23.8 Å². The molecule has 3 aromatic rings. The minimum Gasteiger partial charge on any atom is -0.397 e. The zero-order valence-corrected chi connectivity index (χ0v) is 21.8. The van der Waals surface area contributed by atoms with Gasteiger partial charge in [0.25, 0.3) is 0 Å². The first-order valence-corrected chi connectivity index (χ1v) is 13.1. The van der Waals surface area contributed by atoms with Crippen LogP contribution in [0.25, 0.3) is 6.08 Å². The smallest absolute Gasteiger partial charge is 0.248 e. The maximum atomic E-state index is 13.4. The van der Waals surface area contributed by atoms with Crippen molar-refractivity contribution in [2.24, 2.45) is 0 Å². The summed E-state index contributed by atoms with van der Waals surface area (Å²) in [5, 5.41) is 15.9. The second-order valence-electron chi connectivity index (χ2n) is 9.87. The van der Waals surface area contributed by atoms with Crippen LogP contribution in [0, 0.1) is 0 Å². The Morgan fingerprint density at radius 2 is 1.79 bits per heavy atom. The number of para-hydroxylation sites is 2. The van der Waals surface area contributed by atoms with Crippen molar-refractivity contribution in [3.05, 3.63) is 90.0 Å². The van der Waals surface area contributed by atoms with Gasteiger partial charge in [-0.25, -0.2) is 0 Å². The monoisotopic (exact) mass is 510 g/mol. The van der Waals surface area contributed by atoms with Gasteiger partial charge in [0, 0.05) is 18.3 Å². The molecule has 0 aliphatic carbocycles. The molecule has 4 rings (SSSR count). The first-order chi connectivity index (χ1) is 18.4. The number of hydrogen-bond donors (Lipinski definition) is 4. The summed E-state index contributed by atoms with van der Waals surface area (Å²) in [6.45, 7) is 2.31. The van der Waals surface area contributed by atoms with Gasteiger partial charge in [-0.2, -0.15) is 0 Å². The molecule has 2 unspecified atom stereocenters. The third-order valence-corrected chi connectivity index (χ3v) is 6.83. The van der Waals surface area contributed by atoms with Gasteiger partial charge in [-0.05, 0) is 73.8 Å². The zero-order valence-electron chi connectivity index (χ0n) is 21.8. The summed E-state index contributed by atoms with van der Waals surface area (Å²) in [6, 6.07) is 22.6. The number of nitrogens with two attached hydrogens (primary N) is 1. The van der Waals surface area contributed by atoms with E-state index in [0.717, 1.165) is 48.2 Å². The Kier molecular flexibility index (Phi) is 9.35. The summed E-state index contributed by atoms with van der Waals surface area (Å²) in [7, 11) is 2.01. The van der Waals surface area contributed by atoms with Crippen LogP contribution in [0.5, 0.6) is 0 Å². The lowest BCUT2D eigenvalue weighted by atomic mass is 9.92. The number of benzene rings is 3. The number of amides is 2. The minimum absolute atomic E-state index is 0.0606. The third-order valence-electron chi connectivity index (χ3n) is 6.83. The quantitative estimate of drug-likeness (QED) is 0.201. The summed E-state index contributed by atoms with van der Waals surface area (Å²) in [6.07, 6.45) is 5.33. The molecular formula is C30H35BN4O3. The Morgan fingerprint density at radius 1 is 1.05 bits per heavy atom. The molecule has 1 heterocycles. The highest BCUT2D eigenvalue weighted by Gasteiger charge is 2.24. The van der Waals surface area contributed by atoms with Gasteiger partial charge in [0.15, 0.2) is 0 Å². The number of piperidine rings is 1. The molecule has 1 aliphatic rings. The van der Waals surface area contributed by atoms with Crippen molar-refractivity contribution in [3.63, 3.8) is 0 Å². The summed E-state index contributed by atoms with van der Waals surface area (Å²) >= 11 is 0. The van der Waals surface area contributed by atoms with Crippen molar-refractivity contribution in [1.82, 2.24) is 4.90 Å². The molecule has 5 N–H and O–H groups in total. The third kappa shape index (κ3) is 7.81. The first kappa shape index (κ1) is 27.2. The summed E-state index contributed by atoms with van der Waals surface area (Å²) in [4.78, 5) is 27.9. The van der Waals surface area contributed by atoms with E-state index in [1.54, 1.807) is 18.2 Å². The van der Waals surface area contributed by atoms with Gasteiger partial charge in [0.2, 0.25) is 11.8 Å². The molecule has 1 saturated heterocycles. The van der Waals surface area contributed by atoms with E-state index in [1.165, 1.54) is 6.08 Å². The van der Waals surface area contributed by atoms with Crippen LogP contribution in [0.2, 0.25) is 0 Å². The van der Waals surface area contributed by atoms with Gasteiger partial charge in [0.1, 0.15) is 7.85 Å². The van der Waals surface area contributed by atoms with Crippen LogP contribution in [0.4, 0.5) is 17.1 Å². The van der Waals surface area contributed by atoms with Gasteiger partial charge >= 0.3 is 0 Å². The Labute approximate surface area is 225 Å².